The molecule has 6 heteroatoms. The largest absolute Gasteiger partial charge is 0.488 e. The number of aryl methyl sites for hydroxylation is 2. The number of benzene rings is 1. The van der Waals surface area contributed by atoms with Crippen molar-refractivity contribution in [2.45, 2.75) is 53.2 Å². The van der Waals surface area contributed by atoms with Gasteiger partial charge in [-0.2, -0.15) is 5.10 Å². The van der Waals surface area contributed by atoms with E-state index in [1.165, 1.54) is 11.3 Å². The van der Waals surface area contributed by atoms with Gasteiger partial charge in [-0.1, -0.05) is 18.2 Å². The monoisotopic (exact) mass is 371 g/mol. The van der Waals surface area contributed by atoms with Crippen LogP contribution in [0.4, 0.5) is 0 Å². The molecule has 0 unspecified atom stereocenters. The number of guanidine groups is 1. The van der Waals surface area contributed by atoms with E-state index < -0.39 is 0 Å². The summed E-state index contributed by atoms with van der Waals surface area (Å²) in [7, 11) is 3.77. The minimum absolute atomic E-state index is 0.227. The van der Waals surface area contributed by atoms with E-state index in [0.717, 1.165) is 35.9 Å². The van der Waals surface area contributed by atoms with Crippen molar-refractivity contribution in [3.05, 3.63) is 46.8 Å². The topological polar surface area (TPSA) is 63.5 Å². The van der Waals surface area contributed by atoms with Gasteiger partial charge in [0.2, 0.25) is 0 Å². The van der Waals surface area contributed by atoms with Crippen molar-refractivity contribution >= 4 is 5.96 Å². The van der Waals surface area contributed by atoms with Crippen LogP contribution in [0.5, 0.6) is 5.75 Å². The first-order chi connectivity index (χ1) is 12.7. The summed E-state index contributed by atoms with van der Waals surface area (Å²) in [6.07, 6.45) is 0.913. The Morgan fingerprint density at radius 3 is 2.48 bits per heavy atom. The number of hydrogen-bond acceptors (Lipinski definition) is 3. The molecule has 0 aliphatic rings. The van der Waals surface area contributed by atoms with Crippen LogP contribution >= 0.6 is 0 Å². The summed E-state index contributed by atoms with van der Waals surface area (Å²) in [6, 6.07) is 8.10. The highest BCUT2D eigenvalue weighted by molar-refractivity contribution is 5.79. The Balaban J connectivity index is 1.91. The molecular weight excluding hydrogens is 338 g/mol. The van der Waals surface area contributed by atoms with Crippen LogP contribution in [-0.2, 0) is 20.0 Å². The highest BCUT2D eigenvalue weighted by atomic mass is 16.5. The van der Waals surface area contributed by atoms with Crippen LogP contribution in [0, 0.1) is 13.8 Å². The van der Waals surface area contributed by atoms with Gasteiger partial charge in [-0.25, -0.2) is 0 Å². The van der Waals surface area contributed by atoms with Crippen molar-refractivity contribution in [2.75, 3.05) is 13.6 Å². The van der Waals surface area contributed by atoms with Crippen LogP contribution in [0.3, 0.4) is 0 Å². The minimum atomic E-state index is -0.227. The zero-order valence-electron chi connectivity index (χ0n) is 17.7. The Hall–Kier alpha value is -2.50. The van der Waals surface area contributed by atoms with Gasteiger partial charge >= 0.3 is 0 Å². The summed E-state index contributed by atoms with van der Waals surface area (Å²) >= 11 is 0. The van der Waals surface area contributed by atoms with Crippen LogP contribution < -0.4 is 15.4 Å². The lowest BCUT2D eigenvalue weighted by molar-refractivity contribution is 0.129. The second kappa shape index (κ2) is 8.93. The van der Waals surface area contributed by atoms with Gasteiger partial charge in [0.25, 0.3) is 0 Å². The zero-order chi connectivity index (χ0) is 20.0. The van der Waals surface area contributed by atoms with E-state index in [4.69, 9.17) is 4.74 Å². The molecule has 0 bridgehead atoms. The van der Waals surface area contributed by atoms with Crippen molar-refractivity contribution in [2.24, 2.45) is 12.0 Å². The van der Waals surface area contributed by atoms with E-state index in [-0.39, 0.29) is 5.60 Å². The van der Waals surface area contributed by atoms with Gasteiger partial charge in [-0.05, 0) is 52.7 Å². The number of aromatic nitrogens is 2. The molecule has 0 atom stereocenters. The van der Waals surface area contributed by atoms with Crippen molar-refractivity contribution in [1.29, 1.82) is 0 Å². The molecule has 1 heterocycles. The van der Waals surface area contributed by atoms with Crippen molar-refractivity contribution < 1.29 is 4.74 Å². The third-order valence-corrected chi connectivity index (χ3v) is 4.38. The lowest BCUT2D eigenvalue weighted by Crippen LogP contribution is -2.38. The Kier molecular flexibility index (Phi) is 6.88. The van der Waals surface area contributed by atoms with Crippen molar-refractivity contribution in [3.8, 4) is 5.75 Å². The van der Waals surface area contributed by atoms with Crippen LogP contribution in [0.15, 0.2) is 29.3 Å². The maximum atomic E-state index is 6.06. The van der Waals surface area contributed by atoms with Gasteiger partial charge in [-0.15, -0.1) is 0 Å². The van der Waals surface area contributed by atoms with Gasteiger partial charge in [0.15, 0.2) is 5.96 Å². The lowest BCUT2D eigenvalue weighted by atomic mass is 10.1. The molecule has 148 valence electrons. The Bertz CT molecular complexity index is 786. The average Bonchev–Trinajstić information content (AvgIpc) is 2.83. The molecule has 27 heavy (non-hydrogen) atoms. The predicted octanol–water partition coefficient (Wildman–Crippen LogP) is 3.12. The molecule has 0 aliphatic heterocycles. The average molecular weight is 372 g/mol. The van der Waals surface area contributed by atoms with E-state index in [9.17, 15) is 0 Å². The summed E-state index contributed by atoms with van der Waals surface area (Å²) in [5.74, 6) is 1.68. The predicted molar refractivity (Wildman–Crippen MR) is 111 cm³/mol. The first-order valence-corrected chi connectivity index (χ1v) is 9.42. The van der Waals surface area contributed by atoms with Gasteiger partial charge in [0.1, 0.15) is 11.4 Å². The molecule has 0 amide bonds. The fraction of sp³-hybridized carbons (Fsp3) is 0.524. The summed E-state index contributed by atoms with van der Waals surface area (Å²) in [5, 5.41) is 11.2. The molecule has 6 nitrogen and oxygen atoms in total. The van der Waals surface area contributed by atoms with Crippen LogP contribution in [0.25, 0.3) is 0 Å². The second-order valence-corrected chi connectivity index (χ2v) is 7.70. The Labute approximate surface area is 163 Å². The molecule has 0 fully saturated rings. The molecule has 2 N–H and O–H groups in total. The van der Waals surface area contributed by atoms with Crippen LogP contribution in [0.1, 0.15) is 43.3 Å². The van der Waals surface area contributed by atoms with E-state index in [1.54, 1.807) is 7.05 Å². The van der Waals surface area contributed by atoms with Gasteiger partial charge in [-0.3, -0.25) is 9.67 Å². The third kappa shape index (κ3) is 6.01. The van der Waals surface area contributed by atoms with E-state index in [2.05, 4.69) is 61.4 Å². The fourth-order valence-electron chi connectivity index (χ4n) is 2.96. The molecule has 0 saturated heterocycles. The quantitative estimate of drug-likeness (QED) is 0.605. The maximum absolute atomic E-state index is 6.06. The Morgan fingerprint density at radius 1 is 1.19 bits per heavy atom. The number of hydrogen-bond donors (Lipinski definition) is 2. The maximum Gasteiger partial charge on any atom is 0.191 e. The first-order valence-electron chi connectivity index (χ1n) is 9.42. The molecule has 0 spiro atoms. The normalized spacial score (nSPS) is 12.2. The van der Waals surface area contributed by atoms with Crippen molar-refractivity contribution in [1.82, 2.24) is 20.4 Å². The molecule has 0 aliphatic carbocycles. The van der Waals surface area contributed by atoms with Crippen molar-refractivity contribution in [3.63, 3.8) is 0 Å². The molecule has 0 radical (unpaired) electrons. The molecular formula is C21H33N5O. The SMILES string of the molecule is CN=C(NCCc1c(C)nn(C)c1C)NCc1ccccc1OC(C)(C)C. The zero-order valence-corrected chi connectivity index (χ0v) is 17.7. The van der Waals surface area contributed by atoms with E-state index >= 15 is 0 Å². The highest BCUT2D eigenvalue weighted by Crippen LogP contribution is 2.22. The standard InChI is InChI=1S/C21H33N5O/c1-15-18(16(2)26(7)25-15)12-13-23-20(22-6)24-14-17-10-8-9-11-19(17)27-21(3,4)5/h8-11H,12-14H2,1-7H3,(H2,22,23,24). The van der Waals surface area contributed by atoms with E-state index in [0.29, 0.717) is 6.54 Å². The second-order valence-electron chi connectivity index (χ2n) is 7.70. The highest BCUT2D eigenvalue weighted by Gasteiger charge is 2.14. The summed E-state index contributed by atoms with van der Waals surface area (Å²) in [6.45, 7) is 11.8. The fourth-order valence-corrected chi connectivity index (χ4v) is 2.96. The smallest absolute Gasteiger partial charge is 0.191 e. The summed E-state index contributed by atoms with van der Waals surface area (Å²) in [4.78, 5) is 4.32. The molecule has 2 aromatic rings. The molecule has 0 saturated carbocycles. The van der Waals surface area contributed by atoms with Gasteiger partial charge < -0.3 is 15.4 Å². The van der Waals surface area contributed by atoms with Crippen LogP contribution in [0.2, 0.25) is 0 Å². The molecule has 2 rings (SSSR count). The number of rotatable bonds is 6. The van der Waals surface area contributed by atoms with Crippen LogP contribution in [-0.4, -0.2) is 34.9 Å². The number of aliphatic imine (C=N–C) groups is 1. The number of ether oxygens (including phenoxy) is 1. The molecule has 1 aromatic carbocycles. The summed E-state index contributed by atoms with van der Waals surface area (Å²) in [5.41, 5.74) is 4.48. The van der Waals surface area contributed by atoms with Gasteiger partial charge in [0, 0.05) is 38.4 Å². The first kappa shape index (κ1) is 20.8. The Morgan fingerprint density at radius 2 is 1.89 bits per heavy atom. The number of para-hydroxylation sites is 1. The summed E-state index contributed by atoms with van der Waals surface area (Å²) < 4.78 is 7.99. The lowest BCUT2D eigenvalue weighted by Gasteiger charge is -2.23. The van der Waals surface area contributed by atoms with E-state index in [1.807, 2.05) is 29.9 Å². The number of nitrogens with zero attached hydrogens (tertiary/aromatic N) is 3. The third-order valence-electron chi connectivity index (χ3n) is 4.38. The minimum Gasteiger partial charge on any atom is -0.488 e. The molecule has 1 aromatic heterocycles. The number of nitrogens with one attached hydrogen (secondary N) is 2. The van der Waals surface area contributed by atoms with Gasteiger partial charge in [0.05, 0.1) is 5.69 Å².